The highest BCUT2D eigenvalue weighted by Crippen LogP contribution is 2.25. The minimum atomic E-state index is 0.656. The quantitative estimate of drug-likeness (QED) is 0.851. The standard InChI is InChI=1S/C17H16Cl2N4/c18-14-2-1-13(10-20)17(9-14)23-7-5-22(6-8-23)12-16-4-3-15(19)11-21-16/h1-4,9,11H,5-8,12H2. The van der Waals surface area contributed by atoms with Gasteiger partial charge in [0.25, 0.3) is 0 Å². The van der Waals surface area contributed by atoms with Crippen LogP contribution in [0.5, 0.6) is 0 Å². The average molecular weight is 347 g/mol. The van der Waals surface area contributed by atoms with Gasteiger partial charge < -0.3 is 4.90 Å². The zero-order valence-electron chi connectivity index (χ0n) is 12.5. The molecule has 118 valence electrons. The Morgan fingerprint density at radius 2 is 1.78 bits per heavy atom. The molecule has 0 radical (unpaired) electrons. The maximum absolute atomic E-state index is 9.26. The first-order valence-corrected chi connectivity index (χ1v) is 8.18. The highest BCUT2D eigenvalue weighted by Gasteiger charge is 2.20. The fourth-order valence-electron chi connectivity index (χ4n) is 2.74. The Morgan fingerprint density at radius 1 is 1.04 bits per heavy atom. The molecule has 6 heteroatoms. The summed E-state index contributed by atoms with van der Waals surface area (Å²) in [5, 5.41) is 10.6. The molecule has 1 fully saturated rings. The van der Waals surface area contributed by atoms with E-state index in [-0.39, 0.29) is 0 Å². The van der Waals surface area contributed by atoms with Gasteiger partial charge in [0, 0.05) is 43.9 Å². The minimum absolute atomic E-state index is 0.656. The Hall–Kier alpha value is -1.80. The van der Waals surface area contributed by atoms with Crippen LogP contribution in [0.15, 0.2) is 36.5 Å². The normalized spacial score (nSPS) is 15.4. The molecule has 0 amide bonds. The number of hydrogen-bond acceptors (Lipinski definition) is 4. The summed E-state index contributed by atoms with van der Waals surface area (Å²) in [6.45, 7) is 4.38. The lowest BCUT2D eigenvalue weighted by molar-refractivity contribution is 0.247. The summed E-state index contributed by atoms with van der Waals surface area (Å²) in [6, 6.07) is 11.5. The van der Waals surface area contributed by atoms with Gasteiger partial charge in [-0.15, -0.1) is 0 Å². The molecule has 0 saturated carbocycles. The number of rotatable bonds is 3. The first kappa shape index (κ1) is 16.1. The Balaban J connectivity index is 1.63. The van der Waals surface area contributed by atoms with E-state index in [0.29, 0.717) is 15.6 Å². The number of aromatic nitrogens is 1. The van der Waals surface area contributed by atoms with Gasteiger partial charge in [0.15, 0.2) is 0 Å². The SMILES string of the molecule is N#Cc1ccc(Cl)cc1N1CCN(Cc2ccc(Cl)cn2)CC1. The maximum Gasteiger partial charge on any atom is 0.101 e. The molecule has 0 N–H and O–H groups in total. The smallest absolute Gasteiger partial charge is 0.101 e. The summed E-state index contributed by atoms with van der Waals surface area (Å²) in [5.41, 5.74) is 2.61. The molecule has 4 nitrogen and oxygen atoms in total. The lowest BCUT2D eigenvalue weighted by Crippen LogP contribution is -2.46. The van der Waals surface area contributed by atoms with Crippen LogP contribution >= 0.6 is 23.2 Å². The van der Waals surface area contributed by atoms with Crippen molar-refractivity contribution in [3.8, 4) is 6.07 Å². The van der Waals surface area contributed by atoms with Crippen LogP contribution in [0.25, 0.3) is 0 Å². The van der Waals surface area contributed by atoms with Gasteiger partial charge in [0.1, 0.15) is 6.07 Å². The fraction of sp³-hybridized carbons (Fsp3) is 0.294. The van der Waals surface area contributed by atoms with Crippen molar-refractivity contribution in [1.82, 2.24) is 9.88 Å². The fourth-order valence-corrected chi connectivity index (χ4v) is 3.02. The predicted molar refractivity (Wildman–Crippen MR) is 92.9 cm³/mol. The topological polar surface area (TPSA) is 43.2 Å². The van der Waals surface area contributed by atoms with Crippen molar-refractivity contribution in [1.29, 1.82) is 5.26 Å². The Kier molecular flexibility index (Phi) is 5.02. The van der Waals surface area contributed by atoms with Crippen molar-refractivity contribution >= 4 is 28.9 Å². The highest BCUT2D eigenvalue weighted by atomic mass is 35.5. The molecular weight excluding hydrogens is 331 g/mol. The van der Waals surface area contributed by atoms with E-state index >= 15 is 0 Å². The van der Waals surface area contributed by atoms with Crippen LogP contribution in [0.4, 0.5) is 5.69 Å². The zero-order valence-corrected chi connectivity index (χ0v) is 14.1. The molecular formula is C17H16Cl2N4. The third-order valence-corrected chi connectivity index (χ3v) is 4.43. The summed E-state index contributed by atoms with van der Waals surface area (Å²) in [7, 11) is 0. The number of anilines is 1. The van der Waals surface area contributed by atoms with E-state index in [1.54, 1.807) is 18.3 Å². The predicted octanol–water partition coefficient (Wildman–Crippen LogP) is 3.58. The third-order valence-electron chi connectivity index (χ3n) is 3.97. The lowest BCUT2D eigenvalue weighted by Gasteiger charge is -2.36. The van der Waals surface area contributed by atoms with Crippen LogP contribution in [-0.4, -0.2) is 36.1 Å². The van der Waals surface area contributed by atoms with Crippen molar-refractivity contribution in [3.63, 3.8) is 0 Å². The van der Waals surface area contributed by atoms with Gasteiger partial charge in [0.2, 0.25) is 0 Å². The molecule has 3 rings (SSSR count). The molecule has 23 heavy (non-hydrogen) atoms. The number of halogens is 2. The molecule has 1 saturated heterocycles. The Labute approximate surface area is 145 Å². The van der Waals surface area contributed by atoms with E-state index < -0.39 is 0 Å². The number of nitriles is 1. The molecule has 1 aliphatic heterocycles. The van der Waals surface area contributed by atoms with Crippen LogP contribution in [0.3, 0.4) is 0 Å². The highest BCUT2D eigenvalue weighted by molar-refractivity contribution is 6.31. The van der Waals surface area contributed by atoms with Gasteiger partial charge in [-0.3, -0.25) is 9.88 Å². The van der Waals surface area contributed by atoms with Gasteiger partial charge in [-0.25, -0.2) is 0 Å². The maximum atomic E-state index is 9.26. The molecule has 0 bridgehead atoms. The first-order chi connectivity index (χ1) is 11.2. The van der Waals surface area contributed by atoms with Gasteiger partial charge in [0.05, 0.1) is 22.0 Å². The van der Waals surface area contributed by atoms with E-state index in [4.69, 9.17) is 23.2 Å². The molecule has 2 aromatic rings. The van der Waals surface area contributed by atoms with E-state index in [1.165, 1.54) is 0 Å². The molecule has 1 aromatic carbocycles. The molecule has 0 unspecified atom stereocenters. The zero-order chi connectivity index (χ0) is 16.2. The molecule has 1 aliphatic rings. The Morgan fingerprint density at radius 3 is 2.43 bits per heavy atom. The van der Waals surface area contributed by atoms with Crippen LogP contribution in [-0.2, 0) is 6.54 Å². The molecule has 0 atom stereocenters. The summed E-state index contributed by atoms with van der Waals surface area (Å²) in [4.78, 5) is 8.91. The van der Waals surface area contributed by atoms with Crippen molar-refractivity contribution in [2.24, 2.45) is 0 Å². The van der Waals surface area contributed by atoms with Crippen LogP contribution in [0.2, 0.25) is 10.0 Å². The number of piperazine rings is 1. The summed E-state index contributed by atoms with van der Waals surface area (Å²) in [6.07, 6.45) is 1.68. The van der Waals surface area contributed by atoms with Crippen LogP contribution < -0.4 is 4.90 Å². The van der Waals surface area contributed by atoms with Crippen molar-refractivity contribution in [2.45, 2.75) is 6.54 Å². The second-order valence-electron chi connectivity index (χ2n) is 5.50. The number of benzene rings is 1. The average Bonchev–Trinajstić information content (AvgIpc) is 2.58. The molecule has 0 aliphatic carbocycles. The summed E-state index contributed by atoms with van der Waals surface area (Å²) in [5.74, 6) is 0. The monoisotopic (exact) mass is 346 g/mol. The third kappa shape index (κ3) is 3.94. The van der Waals surface area contributed by atoms with E-state index in [2.05, 4.69) is 20.9 Å². The van der Waals surface area contributed by atoms with Crippen molar-refractivity contribution < 1.29 is 0 Å². The minimum Gasteiger partial charge on any atom is -0.368 e. The number of nitrogens with zero attached hydrogens (tertiary/aromatic N) is 4. The first-order valence-electron chi connectivity index (χ1n) is 7.43. The summed E-state index contributed by atoms with van der Waals surface area (Å²) >= 11 is 11.9. The lowest BCUT2D eigenvalue weighted by atomic mass is 10.1. The largest absolute Gasteiger partial charge is 0.368 e. The van der Waals surface area contributed by atoms with Gasteiger partial charge in [-0.2, -0.15) is 5.26 Å². The van der Waals surface area contributed by atoms with E-state index in [0.717, 1.165) is 44.1 Å². The van der Waals surface area contributed by atoms with Gasteiger partial charge in [-0.05, 0) is 30.3 Å². The molecule has 1 aromatic heterocycles. The van der Waals surface area contributed by atoms with Crippen LogP contribution in [0, 0.1) is 11.3 Å². The van der Waals surface area contributed by atoms with E-state index in [9.17, 15) is 5.26 Å². The molecule has 2 heterocycles. The van der Waals surface area contributed by atoms with Gasteiger partial charge in [-0.1, -0.05) is 23.2 Å². The molecule has 0 spiro atoms. The Bertz CT molecular complexity index is 716. The number of hydrogen-bond donors (Lipinski definition) is 0. The van der Waals surface area contributed by atoms with Crippen molar-refractivity contribution in [2.75, 3.05) is 31.1 Å². The summed E-state index contributed by atoms with van der Waals surface area (Å²) < 4.78 is 0. The van der Waals surface area contributed by atoms with Gasteiger partial charge >= 0.3 is 0 Å². The van der Waals surface area contributed by atoms with Crippen LogP contribution in [0.1, 0.15) is 11.3 Å². The second-order valence-corrected chi connectivity index (χ2v) is 6.38. The van der Waals surface area contributed by atoms with Crippen molar-refractivity contribution in [3.05, 3.63) is 57.8 Å². The number of pyridine rings is 1. The second kappa shape index (κ2) is 7.18. The van der Waals surface area contributed by atoms with E-state index in [1.807, 2.05) is 18.2 Å².